The van der Waals surface area contributed by atoms with Crippen LogP contribution in [0.5, 0.6) is 0 Å². The second kappa shape index (κ2) is 6.37. The molecule has 7 heteroatoms. The van der Waals surface area contributed by atoms with Gasteiger partial charge in [0.1, 0.15) is 11.4 Å². The molecule has 0 bridgehead atoms. The first-order valence-electron chi connectivity index (χ1n) is 8.23. The van der Waals surface area contributed by atoms with Crippen LogP contribution in [0.25, 0.3) is 10.9 Å². The van der Waals surface area contributed by atoms with Gasteiger partial charge >= 0.3 is 0 Å². The Hall–Kier alpha value is -2.60. The third-order valence-electron chi connectivity index (χ3n) is 4.69. The van der Waals surface area contributed by atoms with E-state index in [1.165, 1.54) is 6.20 Å². The van der Waals surface area contributed by atoms with Gasteiger partial charge in [0.2, 0.25) is 5.43 Å². The molecule has 2 aromatic heterocycles. The summed E-state index contributed by atoms with van der Waals surface area (Å²) in [5.41, 5.74) is 0.520. The molecule has 3 heterocycles. The van der Waals surface area contributed by atoms with E-state index in [1.807, 2.05) is 0 Å². The Balaban J connectivity index is 1.64. The molecule has 0 unspecified atom stereocenters. The highest BCUT2D eigenvalue weighted by atomic mass is 35.5. The Kier molecular flexibility index (Phi) is 4.05. The molecule has 1 atom stereocenters. The smallest absolute Gasteiger partial charge is 0.259 e. The quantitative estimate of drug-likeness (QED) is 0.740. The van der Waals surface area contributed by atoms with E-state index in [0.717, 1.165) is 18.7 Å². The number of nitrogens with one attached hydrogen (secondary N) is 2. The van der Waals surface area contributed by atoms with Crippen LogP contribution in [0, 0.1) is 0 Å². The van der Waals surface area contributed by atoms with Gasteiger partial charge in [-0.25, -0.2) is 4.98 Å². The van der Waals surface area contributed by atoms with Crippen LogP contribution in [0.3, 0.4) is 0 Å². The van der Waals surface area contributed by atoms with Crippen LogP contribution in [0.1, 0.15) is 34.9 Å². The molecule has 4 rings (SSSR count). The van der Waals surface area contributed by atoms with Crippen molar-refractivity contribution in [2.45, 2.75) is 18.8 Å². The average Bonchev–Trinajstić information content (AvgIpc) is 3.16. The largest absolute Gasteiger partial charge is 0.360 e. The van der Waals surface area contributed by atoms with Gasteiger partial charge in [-0.15, -0.1) is 0 Å². The van der Waals surface area contributed by atoms with Crippen LogP contribution in [-0.4, -0.2) is 38.8 Å². The molecule has 6 nitrogen and oxygen atoms in total. The lowest BCUT2D eigenvalue weighted by molar-refractivity contribution is 0.0703. The summed E-state index contributed by atoms with van der Waals surface area (Å²) in [4.78, 5) is 37.8. The van der Waals surface area contributed by atoms with Gasteiger partial charge in [0, 0.05) is 48.0 Å². The molecule has 0 saturated carbocycles. The number of benzene rings is 1. The van der Waals surface area contributed by atoms with Crippen LogP contribution >= 0.6 is 11.6 Å². The Morgan fingerprint density at radius 1 is 1.32 bits per heavy atom. The molecule has 1 fully saturated rings. The van der Waals surface area contributed by atoms with E-state index >= 15 is 0 Å². The van der Waals surface area contributed by atoms with Crippen molar-refractivity contribution in [2.75, 3.05) is 13.1 Å². The Labute approximate surface area is 148 Å². The molecule has 25 heavy (non-hydrogen) atoms. The van der Waals surface area contributed by atoms with Crippen LogP contribution in [-0.2, 0) is 0 Å². The predicted octanol–water partition coefficient (Wildman–Crippen LogP) is 2.92. The van der Waals surface area contributed by atoms with E-state index in [-0.39, 0.29) is 22.8 Å². The Morgan fingerprint density at radius 2 is 2.20 bits per heavy atom. The molecule has 0 radical (unpaired) electrons. The van der Waals surface area contributed by atoms with Crippen molar-refractivity contribution in [2.24, 2.45) is 0 Å². The number of halogens is 1. The number of hydrogen-bond acceptors (Lipinski definition) is 3. The summed E-state index contributed by atoms with van der Waals surface area (Å²) in [5.74, 6) is 0.819. The summed E-state index contributed by atoms with van der Waals surface area (Å²) in [6.45, 7) is 1.21. The van der Waals surface area contributed by atoms with Crippen molar-refractivity contribution >= 4 is 28.4 Å². The van der Waals surface area contributed by atoms with Crippen molar-refractivity contribution < 1.29 is 4.79 Å². The first kappa shape index (κ1) is 15.9. The van der Waals surface area contributed by atoms with Gasteiger partial charge in [0.15, 0.2) is 0 Å². The maximum absolute atomic E-state index is 12.9. The van der Waals surface area contributed by atoms with Gasteiger partial charge in [0.05, 0.1) is 5.52 Å². The number of nitrogens with zero attached hydrogens (tertiary/aromatic N) is 2. The predicted molar refractivity (Wildman–Crippen MR) is 96.0 cm³/mol. The number of imidazole rings is 1. The maximum atomic E-state index is 12.9. The van der Waals surface area contributed by atoms with Crippen LogP contribution in [0.4, 0.5) is 0 Å². The van der Waals surface area contributed by atoms with E-state index in [1.54, 1.807) is 35.5 Å². The van der Waals surface area contributed by atoms with Gasteiger partial charge in [-0.3, -0.25) is 9.59 Å². The highest BCUT2D eigenvalue weighted by molar-refractivity contribution is 6.31. The number of likely N-dealkylation sites (tertiary alicyclic amines) is 1. The fourth-order valence-corrected chi connectivity index (χ4v) is 3.58. The fourth-order valence-electron chi connectivity index (χ4n) is 3.41. The van der Waals surface area contributed by atoms with E-state index in [2.05, 4.69) is 15.0 Å². The standard InChI is InChI=1S/C18H17ClN4O2/c19-12-3-4-13-15(8-12)22-9-14(16(13)24)18(25)23-7-1-2-11(10-23)17-20-5-6-21-17/h3-6,8-9,11H,1-2,7,10H2,(H,20,21)(H,22,24)/t11-/m1/s1. The first-order chi connectivity index (χ1) is 12.1. The van der Waals surface area contributed by atoms with Gasteiger partial charge in [-0.2, -0.15) is 0 Å². The number of aromatic amines is 2. The number of fused-ring (bicyclic) bond motifs is 1. The van der Waals surface area contributed by atoms with E-state index in [0.29, 0.717) is 29.0 Å². The zero-order chi connectivity index (χ0) is 17.4. The number of hydrogen-bond donors (Lipinski definition) is 2. The minimum atomic E-state index is -0.268. The maximum Gasteiger partial charge on any atom is 0.259 e. The summed E-state index contributed by atoms with van der Waals surface area (Å²) < 4.78 is 0. The van der Waals surface area contributed by atoms with Crippen molar-refractivity contribution in [1.29, 1.82) is 0 Å². The third kappa shape index (κ3) is 2.93. The number of amides is 1. The number of carbonyl (C=O) groups is 1. The Morgan fingerprint density at radius 3 is 3.00 bits per heavy atom. The molecule has 1 aliphatic heterocycles. The molecule has 1 aromatic carbocycles. The molecule has 0 aliphatic carbocycles. The van der Waals surface area contributed by atoms with Gasteiger partial charge in [-0.05, 0) is 31.0 Å². The zero-order valence-corrected chi connectivity index (χ0v) is 14.2. The third-order valence-corrected chi connectivity index (χ3v) is 4.92. The Bertz CT molecular complexity index is 980. The summed E-state index contributed by atoms with van der Waals surface area (Å²) in [7, 11) is 0. The first-order valence-corrected chi connectivity index (χ1v) is 8.61. The summed E-state index contributed by atoms with van der Waals surface area (Å²) in [5, 5.41) is 1.01. The minimum absolute atomic E-state index is 0.162. The second-order valence-electron chi connectivity index (χ2n) is 6.29. The lowest BCUT2D eigenvalue weighted by Gasteiger charge is -2.31. The molecule has 128 valence electrons. The van der Waals surface area contributed by atoms with E-state index in [9.17, 15) is 9.59 Å². The minimum Gasteiger partial charge on any atom is -0.360 e. The van der Waals surface area contributed by atoms with Crippen molar-refractivity contribution in [3.8, 4) is 0 Å². The van der Waals surface area contributed by atoms with E-state index < -0.39 is 0 Å². The number of aromatic nitrogens is 3. The molecule has 1 amide bonds. The SMILES string of the molecule is O=C(c1c[nH]c2cc(Cl)ccc2c1=O)N1CCC[C@@H](c2ncc[nH]2)C1. The van der Waals surface area contributed by atoms with Gasteiger partial charge in [-0.1, -0.05) is 11.6 Å². The normalized spacial score (nSPS) is 17.8. The molecular formula is C18H17ClN4O2. The average molecular weight is 357 g/mol. The molecule has 0 spiro atoms. The number of piperidine rings is 1. The monoisotopic (exact) mass is 356 g/mol. The number of carbonyl (C=O) groups excluding carboxylic acids is 1. The van der Waals surface area contributed by atoms with Crippen LogP contribution < -0.4 is 5.43 Å². The fraction of sp³-hybridized carbons (Fsp3) is 0.278. The van der Waals surface area contributed by atoms with Crippen molar-refractivity contribution in [1.82, 2.24) is 19.9 Å². The van der Waals surface area contributed by atoms with Crippen molar-refractivity contribution in [3.05, 3.63) is 63.4 Å². The van der Waals surface area contributed by atoms with Gasteiger partial charge in [0.25, 0.3) is 5.91 Å². The molecule has 2 N–H and O–H groups in total. The highest BCUT2D eigenvalue weighted by Crippen LogP contribution is 2.25. The lowest BCUT2D eigenvalue weighted by atomic mass is 9.96. The summed E-state index contributed by atoms with van der Waals surface area (Å²) in [6.07, 6.45) is 6.85. The van der Waals surface area contributed by atoms with Crippen molar-refractivity contribution in [3.63, 3.8) is 0 Å². The molecule has 3 aromatic rings. The van der Waals surface area contributed by atoms with E-state index in [4.69, 9.17) is 11.6 Å². The zero-order valence-electron chi connectivity index (χ0n) is 13.5. The molecular weight excluding hydrogens is 340 g/mol. The number of rotatable bonds is 2. The molecule has 1 saturated heterocycles. The number of H-pyrrole nitrogens is 2. The van der Waals surface area contributed by atoms with Crippen LogP contribution in [0.2, 0.25) is 5.02 Å². The summed E-state index contributed by atoms with van der Waals surface area (Å²) >= 11 is 5.95. The highest BCUT2D eigenvalue weighted by Gasteiger charge is 2.28. The summed E-state index contributed by atoms with van der Waals surface area (Å²) in [6, 6.07) is 4.98. The van der Waals surface area contributed by atoms with Crippen LogP contribution in [0.15, 0.2) is 41.6 Å². The topological polar surface area (TPSA) is 81.8 Å². The molecule has 1 aliphatic rings. The second-order valence-corrected chi connectivity index (χ2v) is 6.72. The lowest BCUT2D eigenvalue weighted by Crippen LogP contribution is -2.41. The number of pyridine rings is 1. The van der Waals surface area contributed by atoms with Gasteiger partial charge < -0.3 is 14.9 Å².